The number of nitrogens with one attached hydrogen (secondary N) is 1. The minimum atomic E-state index is -0.609. The molecule has 1 N–H and O–H groups in total. The number of carbonyl (C=O) groups is 2. The molecule has 0 spiro atoms. The van der Waals surface area contributed by atoms with Crippen LogP contribution >= 0.6 is 15.9 Å². The molecule has 0 saturated heterocycles. The Morgan fingerprint density at radius 3 is 2.62 bits per heavy atom. The Balaban J connectivity index is 1.54. The predicted octanol–water partition coefficient (Wildman–Crippen LogP) is 5.25. The van der Waals surface area contributed by atoms with Gasteiger partial charge in [0, 0.05) is 30.3 Å². The normalized spacial score (nSPS) is 13.6. The number of methoxy groups -OCH3 is 1. The van der Waals surface area contributed by atoms with Crippen LogP contribution in [-0.2, 0) is 20.9 Å². The molecule has 1 amide bonds. The number of amides is 1. The first-order chi connectivity index (χ1) is 17.7. The van der Waals surface area contributed by atoms with E-state index in [2.05, 4.69) is 26.2 Å². The van der Waals surface area contributed by atoms with Gasteiger partial charge in [-0.2, -0.15) is 0 Å². The van der Waals surface area contributed by atoms with E-state index in [1.54, 1.807) is 54.6 Å². The van der Waals surface area contributed by atoms with E-state index in [9.17, 15) is 19.7 Å². The van der Waals surface area contributed by atoms with Crippen molar-refractivity contribution < 1.29 is 28.7 Å². The zero-order valence-electron chi connectivity index (χ0n) is 19.7. The number of nitro groups is 1. The zero-order valence-corrected chi connectivity index (χ0v) is 21.3. The topological polar surface area (TPSA) is 129 Å². The van der Waals surface area contributed by atoms with Gasteiger partial charge >= 0.3 is 5.97 Å². The molecule has 188 valence electrons. The number of anilines is 1. The maximum Gasteiger partial charge on any atom is 0.363 e. The second-order valence-electron chi connectivity index (χ2n) is 7.84. The third kappa shape index (κ3) is 6.19. The van der Waals surface area contributed by atoms with Crippen molar-refractivity contribution in [3.8, 4) is 11.5 Å². The highest BCUT2D eigenvalue weighted by atomic mass is 79.9. The number of benzene rings is 3. The Kier molecular flexibility index (Phi) is 7.63. The first kappa shape index (κ1) is 25.6. The number of hydrogen-bond acceptors (Lipinski definition) is 8. The average Bonchev–Trinajstić information content (AvgIpc) is 3.23. The molecule has 0 aliphatic carbocycles. The number of halogens is 1. The second kappa shape index (κ2) is 11.0. The SMILES string of the molecule is COc1cc(/C=C2\N=C(c3ccc(NC(C)=O)cc3)OC2=O)cc(Br)c1OCc1cccc([N+](=O)[O-])c1. The van der Waals surface area contributed by atoms with Gasteiger partial charge in [0.1, 0.15) is 6.61 Å². The molecule has 0 atom stereocenters. The van der Waals surface area contributed by atoms with Gasteiger partial charge < -0.3 is 19.5 Å². The van der Waals surface area contributed by atoms with Crippen molar-refractivity contribution in [3.63, 3.8) is 0 Å². The molecule has 0 fully saturated rings. The number of aliphatic imine (C=N–C) groups is 1. The van der Waals surface area contributed by atoms with Gasteiger partial charge in [0.05, 0.1) is 16.5 Å². The summed E-state index contributed by atoms with van der Waals surface area (Å²) in [7, 11) is 1.48. The zero-order chi connectivity index (χ0) is 26.5. The number of nitro benzene ring substituents is 1. The van der Waals surface area contributed by atoms with Crippen molar-refractivity contribution in [2.24, 2.45) is 4.99 Å². The van der Waals surface area contributed by atoms with Crippen molar-refractivity contribution in [3.05, 3.63) is 97.6 Å². The van der Waals surface area contributed by atoms with Crippen molar-refractivity contribution in [1.82, 2.24) is 0 Å². The smallest absolute Gasteiger partial charge is 0.363 e. The number of non-ortho nitro benzene ring substituents is 1. The first-order valence-corrected chi connectivity index (χ1v) is 11.7. The maximum absolute atomic E-state index is 12.4. The summed E-state index contributed by atoms with van der Waals surface area (Å²) >= 11 is 3.46. The van der Waals surface area contributed by atoms with E-state index in [1.807, 2.05) is 0 Å². The highest BCUT2D eigenvalue weighted by Crippen LogP contribution is 2.38. The Labute approximate surface area is 219 Å². The lowest BCUT2D eigenvalue weighted by molar-refractivity contribution is -0.384. The molecule has 1 heterocycles. The molecule has 0 radical (unpaired) electrons. The molecule has 11 heteroatoms. The summed E-state index contributed by atoms with van der Waals surface area (Å²) in [5.41, 5.74) is 2.48. The van der Waals surface area contributed by atoms with Crippen LogP contribution < -0.4 is 14.8 Å². The molecular formula is C26H20BrN3O7. The lowest BCUT2D eigenvalue weighted by atomic mass is 10.1. The predicted molar refractivity (Wildman–Crippen MR) is 139 cm³/mol. The summed E-state index contributed by atoms with van der Waals surface area (Å²) in [5, 5.41) is 13.7. The van der Waals surface area contributed by atoms with Crippen molar-refractivity contribution in [1.29, 1.82) is 0 Å². The number of nitrogens with zero attached hydrogens (tertiary/aromatic N) is 2. The number of hydrogen-bond donors (Lipinski definition) is 1. The fourth-order valence-corrected chi connectivity index (χ4v) is 4.04. The summed E-state index contributed by atoms with van der Waals surface area (Å²) in [6.45, 7) is 1.49. The molecule has 10 nitrogen and oxygen atoms in total. The van der Waals surface area contributed by atoms with Gasteiger partial charge in [-0.15, -0.1) is 0 Å². The van der Waals surface area contributed by atoms with Crippen LogP contribution in [0.1, 0.15) is 23.6 Å². The van der Waals surface area contributed by atoms with Crippen molar-refractivity contribution in [2.75, 3.05) is 12.4 Å². The van der Waals surface area contributed by atoms with Gasteiger partial charge in [0.15, 0.2) is 17.2 Å². The third-order valence-corrected chi connectivity index (χ3v) is 5.72. The van der Waals surface area contributed by atoms with E-state index in [4.69, 9.17) is 14.2 Å². The van der Waals surface area contributed by atoms with Crippen LogP contribution in [-0.4, -0.2) is 29.8 Å². The molecule has 3 aromatic rings. The van der Waals surface area contributed by atoms with Gasteiger partial charge in [0.25, 0.3) is 5.69 Å². The van der Waals surface area contributed by atoms with E-state index in [0.717, 1.165) is 0 Å². The highest BCUT2D eigenvalue weighted by molar-refractivity contribution is 9.10. The van der Waals surface area contributed by atoms with Crippen molar-refractivity contribution in [2.45, 2.75) is 13.5 Å². The highest BCUT2D eigenvalue weighted by Gasteiger charge is 2.24. The number of carbonyl (C=O) groups excluding carboxylic acids is 2. The molecule has 1 aliphatic heterocycles. The van der Waals surface area contributed by atoms with E-state index < -0.39 is 10.9 Å². The Morgan fingerprint density at radius 2 is 1.95 bits per heavy atom. The fraction of sp³-hybridized carbons (Fsp3) is 0.115. The summed E-state index contributed by atoms with van der Waals surface area (Å²) in [4.78, 5) is 38.5. The number of esters is 1. The standard InChI is InChI=1S/C26H20BrN3O7/c1-15(31)28-19-8-6-18(7-9-19)25-29-22(26(32)37-25)12-17-11-21(27)24(23(13-17)35-2)36-14-16-4-3-5-20(10-16)30(33)34/h3-13H,14H2,1-2H3,(H,28,31)/b22-12-. The van der Waals surface area contributed by atoms with Crippen LogP contribution in [0.5, 0.6) is 11.5 Å². The quantitative estimate of drug-likeness (QED) is 0.171. The summed E-state index contributed by atoms with van der Waals surface area (Å²) in [6, 6.07) is 16.3. The van der Waals surface area contributed by atoms with Gasteiger partial charge in [-0.25, -0.2) is 9.79 Å². The summed E-state index contributed by atoms with van der Waals surface area (Å²) in [5.74, 6) is 0.129. The monoisotopic (exact) mass is 565 g/mol. The van der Waals surface area contributed by atoms with Gasteiger partial charge in [-0.1, -0.05) is 12.1 Å². The Bertz CT molecular complexity index is 1450. The van der Waals surface area contributed by atoms with Gasteiger partial charge in [-0.05, 0) is 69.5 Å². The maximum atomic E-state index is 12.4. The van der Waals surface area contributed by atoms with Crippen LogP contribution in [0.4, 0.5) is 11.4 Å². The second-order valence-corrected chi connectivity index (χ2v) is 8.70. The molecule has 0 aromatic heterocycles. The largest absolute Gasteiger partial charge is 0.493 e. The Hall–Kier alpha value is -4.51. The number of rotatable bonds is 8. The van der Waals surface area contributed by atoms with Gasteiger partial charge in [0.2, 0.25) is 11.8 Å². The van der Waals surface area contributed by atoms with E-state index in [0.29, 0.717) is 38.3 Å². The van der Waals surface area contributed by atoms with E-state index in [-0.39, 0.29) is 29.8 Å². The van der Waals surface area contributed by atoms with Crippen LogP contribution in [0.3, 0.4) is 0 Å². The number of cyclic esters (lactones) is 1. The van der Waals surface area contributed by atoms with Crippen LogP contribution in [0.15, 0.2) is 75.8 Å². The lowest BCUT2D eigenvalue weighted by Gasteiger charge is -2.13. The molecule has 3 aromatic carbocycles. The lowest BCUT2D eigenvalue weighted by Crippen LogP contribution is -2.07. The van der Waals surface area contributed by atoms with E-state index >= 15 is 0 Å². The molecule has 0 bridgehead atoms. The number of ether oxygens (including phenoxy) is 3. The van der Waals surface area contributed by atoms with Gasteiger partial charge in [-0.3, -0.25) is 14.9 Å². The average molecular weight is 566 g/mol. The van der Waals surface area contributed by atoms with Crippen LogP contribution in [0.2, 0.25) is 0 Å². The fourth-order valence-electron chi connectivity index (χ4n) is 3.47. The molecule has 1 aliphatic rings. The minimum Gasteiger partial charge on any atom is -0.493 e. The molecular weight excluding hydrogens is 546 g/mol. The molecule has 0 saturated carbocycles. The third-order valence-electron chi connectivity index (χ3n) is 5.13. The van der Waals surface area contributed by atoms with Crippen LogP contribution in [0.25, 0.3) is 6.08 Å². The minimum absolute atomic E-state index is 0.0267. The van der Waals surface area contributed by atoms with Crippen LogP contribution in [0, 0.1) is 10.1 Å². The van der Waals surface area contributed by atoms with Crippen molar-refractivity contribution >= 4 is 51.2 Å². The van der Waals surface area contributed by atoms with E-state index in [1.165, 1.54) is 26.2 Å². The molecule has 0 unspecified atom stereocenters. The molecule has 37 heavy (non-hydrogen) atoms. The Morgan fingerprint density at radius 1 is 1.19 bits per heavy atom. The molecule has 4 rings (SSSR count). The summed E-state index contributed by atoms with van der Waals surface area (Å²) in [6.07, 6.45) is 1.55. The first-order valence-electron chi connectivity index (χ1n) is 10.9. The summed E-state index contributed by atoms with van der Waals surface area (Å²) < 4.78 is 17.2.